The highest BCUT2D eigenvalue weighted by Crippen LogP contribution is 2.37. The van der Waals surface area contributed by atoms with Crippen molar-refractivity contribution in [2.24, 2.45) is 0 Å². The molecule has 7 nitrogen and oxygen atoms in total. The lowest BCUT2D eigenvalue weighted by molar-refractivity contribution is -0.138. The minimum Gasteiger partial charge on any atom is -0.505 e. The average Bonchev–Trinajstić information content (AvgIpc) is 3.02. The zero-order valence-electron chi connectivity index (χ0n) is 16.4. The van der Waals surface area contributed by atoms with Crippen molar-refractivity contribution in [3.8, 4) is 5.75 Å². The molecule has 3 rings (SSSR count). The first-order valence-corrected chi connectivity index (χ1v) is 9.06. The first-order valence-electron chi connectivity index (χ1n) is 9.06. The number of fused-ring (bicyclic) bond motifs is 1. The predicted octanol–water partition coefficient (Wildman–Crippen LogP) is 3.07. The maximum Gasteiger partial charge on any atom is 0.322 e. The summed E-state index contributed by atoms with van der Waals surface area (Å²) < 4.78 is 42.8. The first kappa shape index (κ1) is 21.9. The van der Waals surface area contributed by atoms with Crippen LogP contribution in [0.3, 0.4) is 0 Å². The van der Waals surface area contributed by atoms with Gasteiger partial charge in [0, 0.05) is 16.6 Å². The second-order valence-corrected chi connectivity index (χ2v) is 6.89. The number of phenols is 1. The van der Waals surface area contributed by atoms with E-state index in [1.807, 2.05) is 0 Å². The summed E-state index contributed by atoms with van der Waals surface area (Å²) in [6.07, 6.45) is 0. The molecule has 162 valence electrons. The number of carbonyl (C=O) groups is 3. The summed E-state index contributed by atoms with van der Waals surface area (Å²) >= 11 is 0. The number of aliphatic carboxylic acids is 1. The third kappa shape index (κ3) is 3.83. The molecule has 0 aliphatic rings. The normalized spacial score (nSPS) is 12.0. The number of nitrogens with zero attached hydrogens (tertiary/aromatic N) is 1. The molecule has 31 heavy (non-hydrogen) atoms. The van der Waals surface area contributed by atoms with Crippen LogP contribution in [0.4, 0.5) is 13.2 Å². The molecular weight excluding hydrogens is 417 g/mol. The zero-order chi connectivity index (χ0) is 23.0. The van der Waals surface area contributed by atoms with E-state index in [0.29, 0.717) is 6.07 Å². The van der Waals surface area contributed by atoms with E-state index < -0.39 is 53.4 Å². The van der Waals surface area contributed by atoms with Crippen molar-refractivity contribution in [1.29, 1.82) is 0 Å². The summed E-state index contributed by atoms with van der Waals surface area (Å²) in [6.45, 7) is 2.14. The van der Waals surface area contributed by atoms with Crippen molar-refractivity contribution in [2.75, 3.05) is 6.54 Å². The van der Waals surface area contributed by atoms with E-state index in [0.717, 1.165) is 22.8 Å². The molecule has 0 fully saturated rings. The molecule has 10 heteroatoms. The summed E-state index contributed by atoms with van der Waals surface area (Å²) in [5, 5.41) is 20.5. The molecule has 1 atom stereocenters. The number of carboxylic acids is 1. The van der Waals surface area contributed by atoms with E-state index in [2.05, 4.69) is 5.32 Å². The SMILES string of the molecule is Cc1c(C(C)C(=O)NCC(=O)O)c2c(F)c(O)ccc2n1C(=O)c1ccc(F)c(F)c1. The van der Waals surface area contributed by atoms with Crippen molar-refractivity contribution in [1.82, 2.24) is 9.88 Å². The van der Waals surface area contributed by atoms with Gasteiger partial charge in [-0.05, 0) is 49.7 Å². The number of aromatic hydroxyl groups is 1. The van der Waals surface area contributed by atoms with Crippen LogP contribution in [0.15, 0.2) is 30.3 Å². The summed E-state index contributed by atoms with van der Waals surface area (Å²) in [4.78, 5) is 36.2. The smallest absolute Gasteiger partial charge is 0.322 e. The quantitative estimate of drug-likeness (QED) is 0.572. The van der Waals surface area contributed by atoms with Gasteiger partial charge in [-0.3, -0.25) is 19.0 Å². The fraction of sp³-hybridized carbons (Fsp3) is 0.190. The van der Waals surface area contributed by atoms with Crippen molar-refractivity contribution >= 4 is 28.7 Å². The fourth-order valence-electron chi connectivity index (χ4n) is 3.48. The third-order valence-electron chi connectivity index (χ3n) is 4.94. The molecule has 0 bridgehead atoms. The first-order chi connectivity index (χ1) is 14.5. The van der Waals surface area contributed by atoms with Crippen LogP contribution in [-0.2, 0) is 9.59 Å². The summed E-state index contributed by atoms with van der Waals surface area (Å²) in [7, 11) is 0. The monoisotopic (exact) mass is 434 g/mol. The van der Waals surface area contributed by atoms with Crippen molar-refractivity contribution in [2.45, 2.75) is 19.8 Å². The van der Waals surface area contributed by atoms with Gasteiger partial charge in [-0.2, -0.15) is 0 Å². The summed E-state index contributed by atoms with van der Waals surface area (Å²) in [5.74, 6) is -8.12. The van der Waals surface area contributed by atoms with Gasteiger partial charge in [0.2, 0.25) is 5.91 Å². The molecule has 0 radical (unpaired) electrons. The molecule has 0 saturated carbocycles. The van der Waals surface area contributed by atoms with Gasteiger partial charge in [0.1, 0.15) is 6.54 Å². The van der Waals surface area contributed by atoms with E-state index in [4.69, 9.17) is 5.11 Å². The van der Waals surface area contributed by atoms with E-state index in [-0.39, 0.29) is 27.7 Å². The van der Waals surface area contributed by atoms with E-state index in [1.54, 1.807) is 0 Å². The standard InChI is InChI=1S/C21H17F3N2O5/c1-9(20(30)25-8-16(28)29)17-10(2)26(14-5-6-15(27)19(24)18(14)17)21(31)11-3-4-12(22)13(23)7-11/h3-7,9,27H,8H2,1-2H3,(H,25,30)(H,28,29). The number of rotatable bonds is 5. The van der Waals surface area contributed by atoms with Crippen LogP contribution in [0.1, 0.15) is 34.5 Å². The van der Waals surface area contributed by atoms with Crippen LogP contribution in [0, 0.1) is 24.4 Å². The number of halogens is 3. The third-order valence-corrected chi connectivity index (χ3v) is 4.94. The minimum atomic E-state index is -1.28. The van der Waals surface area contributed by atoms with Gasteiger partial charge in [-0.1, -0.05) is 0 Å². The number of nitrogens with one attached hydrogen (secondary N) is 1. The highest BCUT2D eigenvalue weighted by atomic mass is 19.2. The number of carbonyl (C=O) groups excluding carboxylic acids is 2. The molecule has 0 spiro atoms. The van der Waals surface area contributed by atoms with Crippen LogP contribution in [0.25, 0.3) is 10.9 Å². The molecule has 3 aromatic rings. The second-order valence-electron chi connectivity index (χ2n) is 6.89. The maximum absolute atomic E-state index is 14.9. The number of phenolic OH excluding ortho intramolecular Hbond substituents is 1. The molecule has 2 aromatic carbocycles. The number of aromatic nitrogens is 1. The van der Waals surface area contributed by atoms with E-state index >= 15 is 0 Å². The van der Waals surface area contributed by atoms with Crippen molar-refractivity contribution in [3.63, 3.8) is 0 Å². The Labute approximate surface area is 173 Å². The topological polar surface area (TPSA) is 109 Å². The van der Waals surface area contributed by atoms with Gasteiger partial charge in [0.05, 0.1) is 11.4 Å². The number of hydrogen-bond acceptors (Lipinski definition) is 4. The van der Waals surface area contributed by atoms with Gasteiger partial charge >= 0.3 is 5.97 Å². The largest absolute Gasteiger partial charge is 0.505 e. The Morgan fingerprint density at radius 1 is 1.10 bits per heavy atom. The van der Waals surface area contributed by atoms with Gasteiger partial charge in [0.15, 0.2) is 23.2 Å². The Bertz CT molecular complexity index is 1240. The van der Waals surface area contributed by atoms with Gasteiger partial charge in [-0.15, -0.1) is 0 Å². The molecule has 1 heterocycles. The lowest BCUT2D eigenvalue weighted by Gasteiger charge is -2.13. The van der Waals surface area contributed by atoms with E-state index in [9.17, 15) is 32.7 Å². The number of carboxylic acid groups (broad SMARTS) is 1. The summed E-state index contributed by atoms with van der Waals surface area (Å²) in [5.41, 5.74) is -0.0632. The molecule has 1 aromatic heterocycles. The Balaban J connectivity index is 2.22. The molecule has 1 unspecified atom stereocenters. The minimum absolute atomic E-state index is 0.00424. The molecule has 0 saturated heterocycles. The molecule has 1 amide bonds. The second kappa shape index (κ2) is 8.13. The Kier molecular flexibility index (Phi) is 5.74. The summed E-state index contributed by atoms with van der Waals surface area (Å²) in [6, 6.07) is 4.81. The average molecular weight is 434 g/mol. The van der Waals surface area contributed by atoms with E-state index in [1.165, 1.54) is 19.9 Å². The fourth-order valence-corrected chi connectivity index (χ4v) is 3.48. The molecule has 0 aliphatic carbocycles. The van der Waals surface area contributed by atoms with Crippen LogP contribution in [0.5, 0.6) is 5.75 Å². The predicted molar refractivity (Wildman–Crippen MR) is 103 cm³/mol. The van der Waals surface area contributed by atoms with Crippen molar-refractivity contribution in [3.05, 3.63) is 64.6 Å². The van der Waals surface area contributed by atoms with Crippen LogP contribution in [0.2, 0.25) is 0 Å². The molecule has 0 aliphatic heterocycles. The van der Waals surface area contributed by atoms with Gasteiger partial charge in [-0.25, -0.2) is 13.2 Å². The Morgan fingerprint density at radius 2 is 1.77 bits per heavy atom. The Hall–Kier alpha value is -3.82. The Morgan fingerprint density at radius 3 is 2.39 bits per heavy atom. The van der Waals surface area contributed by atoms with Crippen LogP contribution < -0.4 is 5.32 Å². The number of benzene rings is 2. The molecule has 3 N–H and O–H groups in total. The van der Waals surface area contributed by atoms with Gasteiger partial charge < -0.3 is 15.5 Å². The maximum atomic E-state index is 14.9. The lowest BCUT2D eigenvalue weighted by atomic mass is 9.96. The van der Waals surface area contributed by atoms with Crippen molar-refractivity contribution < 1.29 is 37.8 Å². The highest BCUT2D eigenvalue weighted by Gasteiger charge is 2.29. The van der Waals surface area contributed by atoms with Crippen LogP contribution in [-0.4, -0.2) is 39.1 Å². The van der Waals surface area contributed by atoms with Gasteiger partial charge in [0.25, 0.3) is 5.91 Å². The number of amides is 1. The van der Waals surface area contributed by atoms with Crippen LogP contribution >= 0.6 is 0 Å². The zero-order valence-corrected chi connectivity index (χ0v) is 16.4. The lowest BCUT2D eigenvalue weighted by Crippen LogP contribution is -2.32. The highest BCUT2D eigenvalue weighted by molar-refractivity contribution is 6.06. The number of hydrogen-bond donors (Lipinski definition) is 3. The molecular formula is C21H17F3N2O5.